The van der Waals surface area contributed by atoms with Gasteiger partial charge in [0.15, 0.2) is 0 Å². The van der Waals surface area contributed by atoms with E-state index in [0.717, 1.165) is 5.56 Å². The van der Waals surface area contributed by atoms with E-state index in [0.29, 0.717) is 12.0 Å². The van der Waals surface area contributed by atoms with Crippen molar-refractivity contribution in [1.29, 1.82) is 0 Å². The van der Waals surface area contributed by atoms with Crippen molar-refractivity contribution in [3.63, 3.8) is 0 Å². The van der Waals surface area contributed by atoms with Crippen LogP contribution in [0.1, 0.15) is 15.9 Å². The number of aromatic hydroxyl groups is 1. The van der Waals surface area contributed by atoms with Crippen LogP contribution in [0.5, 0.6) is 5.75 Å². The number of halogens is 1. The Hall–Kier alpha value is -2.53. The fraction of sp³-hybridized carbons (Fsp3) is 0.0667. The van der Waals surface area contributed by atoms with E-state index in [1.807, 2.05) is 19.1 Å². The number of hydrogen-bond acceptors (Lipinski definition) is 3. The molecule has 2 rings (SSSR count). The molecule has 2 aromatic rings. The molecule has 0 atom stereocenters. The van der Waals surface area contributed by atoms with E-state index in [1.165, 1.54) is 12.1 Å². The zero-order chi connectivity index (χ0) is 15.4. The summed E-state index contributed by atoms with van der Waals surface area (Å²) in [6.45, 7) is 1.92. The number of aryl methyl sites for hydroxylation is 1. The van der Waals surface area contributed by atoms with Crippen molar-refractivity contribution in [2.75, 3.05) is 10.6 Å². The number of amides is 2. The number of phenolic OH excluding ortho intramolecular Hbond substituents is 1. The van der Waals surface area contributed by atoms with Gasteiger partial charge >= 0.3 is 0 Å². The lowest BCUT2D eigenvalue weighted by Crippen LogP contribution is -2.12. The number of anilines is 2. The Morgan fingerprint density at radius 3 is 2.48 bits per heavy atom. The number of hydrogen-bond donors (Lipinski definition) is 3. The first-order valence-electron chi connectivity index (χ1n) is 6.12. The molecule has 2 aromatic carbocycles. The third-order valence-electron chi connectivity index (χ3n) is 2.86. The van der Waals surface area contributed by atoms with Crippen LogP contribution in [0, 0.1) is 6.92 Å². The largest absolute Gasteiger partial charge is 0.506 e. The molecule has 3 N–H and O–H groups in total. The predicted molar refractivity (Wildman–Crippen MR) is 81.9 cm³/mol. The summed E-state index contributed by atoms with van der Waals surface area (Å²) >= 11 is 5.95. The van der Waals surface area contributed by atoms with Crippen LogP contribution in [-0.2, 0) is 4.79 Å². The number of carbonyl (C=O) groups is 2. The molecule has 0 aromatic heterocycles. The summed E-state index contributed by atoms with van der Waals surface area (Å²) in [6.07, 6.45) is 0.450. The van der Waals surface area contributed by atoms with E-state index in [4.69, 9.17) is 11.6 Å². The van der Waals surface area contributed by atoms with Gasteiger partial charge in [0.1, 0.15) is 5.75 Å². The first-order valence-corrected chi connectivity index (χ1v) is 6.50. The fourth-order valence-electron chi connectivity index (χ4n) is 1.74. The van der Waals surface area contributed by atoms with E-state index in [-0.39, 0.29) is 28.1 Å². The molecule has 0 heterocycles. The first-order chi connectivity index (χ1) is 10.0. The van der Waals surface area contributed by atoms with Gasteiger partial charge in [-0.2, -0.15) is 0 Å². The van der Waals surface area contributed by atoms with Crippen molar-refractivity contribution in [3.8, 4) is 5.75 Å². The molecular weight excluding hydrogens is 292 g/mol. The van der Waals surface area contributed by atoms with E-state index >= 15 is 0 Å². The van der Waals surface area contributed by atoms with Gasteiger partial charge in [0.2, 0.25) is 6.41 Å². The monoisotopic (exact) mass is 304 g/mol. The van der Waals surface area contributed by atoms with Crippen molar-refractivity contribution >= 4 is 35.3 Å². The maximum absolute atomic E-state index is 12.1. The lowest BCUT2D eigenvalue weighted by atomic mass is 10.1. The Labute approximate surface area is 126 Å². The minimum Gasteiger partial charge on any atom is -0.506 e. The smallest absolute Gasteiger partial charge is 0.255 e. The van der Waals surface area contributed by atoms with Gasteiger partial charge in [0, 0.05) is 11.6 Å². The molecule has 2 amide bonds. The highest BCUT2D eigenvalue weighted by Crippen LogP contribution is 2.33. The maximum Gasteiger partial charge on any atom is 0.255 e. The topological polar surface area (TPSA) is 78.4 Å². The van der Waals surface area contributed by atoms with Crippen molar-refractivity contribution < 1.29 is 14.7 Å². The maximum atomic E-state index is 12.1. The number of phenols is 1. The third-order valence-corrected chi connectivity index (χ3v) is 3.17. The molecule has 5 nitrogen and oxygen atoms in total. The van der Waals surface area contributed by atoms with Gasteiger partial charge < -0.3 is 15.7 Å². The second kappa shape index (κ2) is 6.28. The summed E-state index contributed by atoms with van der Waals surface area (Å²) in [7, 11) is 0. The zero-order valence-electron chi connectivity index (χ0n) is 11.2. The van der Waals surface area contributed by atoms with Gasteiger partial charge in [-0.1, -0.05) is 29.3 Å². The Morgan fingerprint density at radius 2 is 1.86 bits per heavy atom. The van der Waals surface area contributed by atoms with E-state index in [9.17, 15) is 14.7 Å². The number of nitrogens with one attached hydrogen (secondary N) is 2. The summed E-state index contributed by atoms with van der Waals surface area (Å²) in [6, 6.07) is 9.64. The van der Waals surface area contributed by atoms with Crippen LogP contribution in [-0.4, -0.2) is 17.4 Å². The van der Waals surface area contributed by atoms with Crippen molar-refractivity contribution in [2.45, 2.75) is 6.92 Å². The summed E-state index contributed by atoms with van der Waals surface area (Å²) in [5.74, 6) is -0.554. The highest BCUT2D eigenvalue weighted by atomic mass is 35.5. The summed E-state index contributed by atoms with van der Waals surface area (Å²) in [5, 5.41) is 15.0. The molecule has 21 heavy (non-hydrogen) atoms. The van der Waals surface area contributed by atoms with Crippen molar-refractivity contribution in [1.82, 2.24) is 0 Å². The SMILES string of the molecule is Cc1ccc(C(=O)Nc2cc(Cl)c(NC=O)cc2O)cc1. The van der Waals surface area contributed by atoms with Crippen LogP contribution in [0.3, 0.4) is 0 Å². The molecule has 0 aliphatic carbocycles. The van der Waals surface area contributed by atoms with Crippen LogP contribution in [0.2, 0.25) is 5.02 Å². The van der Waals surface area contributed by atoms with Gasteiger partial charge in [-0.15, -0.1) is 0 Å². The molecule has 0 bridgehead atoms. The highest BCUT2D eigenvalue weighted by Gasteiger charge is 2.12. The molecule has 0 saturated carbocycles. The second-order valence-electron chi connectivity index (χ2n) is 4.43. The summed E-state index contributed by atoms with van der Waals surface area (Å²) in [4.78, 5) is 22.5. The quantitative estimate of drug-likeness (QED) is 0.599. The van der Waals surface area contributed by atoms with Crippen molar-refractivity contribution in [2.24, 2.45) is 0 Å². The molecule has 6 heteroatoms. The lowest BCUT2D eigenvalue weighted by Gasteiger charge is -2.10. The Morgan fingerprint density at radius 1 is 1.19 bits per heavy atom. The minimum absolute atomic E-state index is 0.169. The first kappa shape index (κ1) is 14.9. The van der Waals surface area contributed by atoms with E-state index in [2.05, 4.69) is 10.6 Å². The van der Waals surface area contributed by atoms with Crippen LogP contribution in [0.4, 0.5) is 11.4 Å². The molecule has 0 unspecified atom stereocenters. The molecule has 0 aliphatic heterocycles. The number of benzene rings is 2. The Kier molecular flexibility index (Phi) is 4.45. The summed E-state index contributed by atoms with van der Waals surface area (Å²) in [5.41, 5.74) is 1.94. The second-order valence-corrected chi connectivity index (χ2v) is 4.84. The Balaban J connectivity index is 2.23. The average Bonchev–Trinajstić information content (AvgIpc) is 2.45. The summed E-state index contributed by atoms with van der Waals surface area (Å²) < 4.78 is 0. The van der Waals surface area contributed by atoms with Gasteiger partial charge in [-0.05, 0) is 25.1 Å². The van der Waals surface area contributed by atoms with E-state index < -0.39 is 0 Å². The number of rotatable bonds is 4. The Bertz CT molecular complexity index is 684. The van der Waals surface area contributed by atoms with Gasteiger partial charge in [-0.25, -0.2) is 0 Å². The highest BCUT2D eigenvalue weighted by molar-refractivity contribution is 6.34. The molecule has 0 radical (unpaired) electrons. The number of carbonyl (C=O) groups excluding carboxylic acids is 2. The third kappa shape index (κ3) is 3.52. The standard InChI is InChI=1S/C15H13ClN2O3/c1-9-2-4-10(5-3-9)15(21)18-13-6-11(16)12(17-8-19)7-14(13)20/h2-8,20H,1H3,(H,17,19)(H,18,21). The molecule has 0 fully saturated rings. The van der Waals surface area contributed by atoms with Crippen LogP contribution in [0.25, 0.3) is 0 Å². The van der Waals surface area contributed by atoms with Gasteiger partial charge in [0.25, 0.3) is 5.91 Å². The van der Waals surface area contributed by atoms with Crippen LogP contribution in [0.15, 0.2) is 36.4 Å². The lowest BCUT2D eigenvalue weighted by molar-refractivity contribution is -0.105. The fourth-order valence-corrected chi connectivity index (χ4v) is 1.95. The molecule has 108 valence electrons. The molecule has 0 saturated heterocycles. The van der Waals surface area contributed by atoms with Crippen LogP contribution < -0.4 is 10.6 Å². The molecule has 0 aliphatic rings. The predicted octanol–water partition coefficient (Wildman–Crippen LogP) is 3.17. The van der Waals surface area contributed by atoms with Gasteiger partial charge in [0.05, 0.1) is 16.4 Å². The van der Waals surface area contributed by atoms with Crippen molar-refractivity contribution in [3.05, 3.63) is 52.5 Å². The zero-order valence-corrected chi connectivity index (χ0v) is 11.9. The minimum atomic E-state index is -0.363. The van der Waals surface area contributed by atoms with E-state index in [1.54, 1.807) is 12.1 Å². The molecular formula is C15H13ClN2O3. The molecule has 0 spiro atoms. The van der Waals surface area contributed by atoms with Gasteiger partial charge in [-0.3, -0.25) is 9.59 Å². The average molecular weight is 305 g/mol. The normalized spacial score (nSPS) is 10.0. The van der Waals surface area contributed by atoms with Crippen LogP contribution >= 0.6 is 11.6 Å².